The van der Waals surface area contributed by atoms with Crippen LogP contribution in [0.2, 0.25) is 0 Å². The second-order valence-electron chi connectivity index (χ2n) is 7.65. The average Bonchev–Trinajstić information content (AvgIpc) is 3.16. The molecule has 0 aliphatic rings. The molecule has 0 spiro atoms. The molecule has 0 saturated carbocycles. The van der Waals surface area contributed by atoms with Gasteiger partial charge in [0.1, 0.15) is 23.2 Å². The van der Waals surface area contributed by atoms with Crippen molar-refractivity contribution in [2.45, 2.75) is 26.9 Å². The zero-order valence-corrected chi connectivity index (χ0v) is 18.4. The predicted octanol–water partition coefficient (Wildman–Crippen LogP) is 4.32. The maximum Gasteiger partial charge on any atom is 0.275 e. The molecule has 0 radical (unpaired) electrons. The quantitative estimate of drug-likeness (QED) is 0.451. The van der Waals surface area contributed by atoms with Crippen LogP contribution in [0.4, 0.5) is 10.1 Å². The molecule has 1 amide bonds. The Bertz CT molecular complexity index is 1300. The van der Waals surface area contributed by atoms with Gasteiger partial charge in [0, 0.05) is 23.7 Å². The Morgan fingerprint density at radius 1 is 1.16 bits per heavy atom. The summed E-state index contributed by atoms with van der Waals surface area (Å²) in [7, 11) is 0. The molecule has 2 aromatic heterocycles. The molecule has 0 atom stereocenters. The van der Waals surface area contributed by atoms with Gasteiger partial charge in [0.15, 0.2) is 0 Å². The Labute approximate surface area is 187 Å². The first kappa shape index (κ1) is 21.6. The molecule has 2 aromatic carbocycles. The third-order valence-corrected chi connectivity index (χ3v) is 5.46. The van der Waals surface area contributed by atoms with E-state index in [2.05, 4.69) is 29.2 Å². The highest BCUT2D eigenvalue weighted by Crippen LogP contribution is 2.19. The van der Waals surface area contributed by atoms with E-state index in [1.807, 2.05) is 0 Å². The number of rotatable bonds is 7. The van der Waals surface area contributed by atoms with Crippen LogP contribution in [0.3, 0.4) is 0 Å². The van der Waals surface area contributed by atoms with Crippen LogP contribution in [-0.2, 0) is 13.0 Å². The minimum absolute atomic E-state index is 0.129. The number of ether oxygens (including phenoxy) is 1. The van der Waals surface area contributed by atoms with E-state index in [0.29, 0.717) is 33.6 Å². The van der Waals surface area contributed by atoms with E-state index in [0.717, 1.165) is 11.4 Å². The van der Waals surface area contributed by atoms with E-state index in [-0.39, 0.29) is 18.1 Å². The Balaban J connectivity index is 1.39. The van der Waals surface area contributed by atoms with Gasteiger partial charge in [0.2, 0.25) is 4.96 Å². The van der Waals surface area contributed by atoms with E-state index in [1.165, 1.54) is 46.2 Å². The van der Waals surface area contributed by atoms with Gasteiger partial charge in [-0.25, -0.2) is 9.37 Å². The number of benzene rings is 2. The molecule has 0 aliphatic heterocycles. The van der Waals surface area contributed by atoms with Crippen molar-refractivity contribution >= 4 is 27.9 Å². The molecule has 32 heavy (non-hydrogen) atoms. The average molecular weight is 453 g/mol. The molecule has 0 saturated heterocycles. The summed E-state index contributed by atoms with van der Waals surface area (Å²) in [6, 6.07) is 13.5. The Morgan fingerprint density at radius 2 is 1.88 bits per heavy atom. The lowest BCUT2D eigenvalue weighted by Gasteiger charge is -2.08. The molecule has 7 nitrogen and oxygen atoms in total. The normalized spacial score (nSPS) is 11.1. The number of anilines is 1. The minimum atomic E-state index is -0.397. The second-order valence-corrected chi connectivity index (χ2v) is 8.69. The van der Waals surface area contributed by atoms with Crippen molar-refractivity contribution in [2.75, 3.05) is 5.32 Å². The van der Waals surface area contributed by atoms with Crippen molar-refractivity contribution in [1.29, 1.82) is 0 Å². The molecule has 0 bridgehead atoms. The summed E-state index contributed by atoms with van der Waals surface area (Å²) in [5.74, 6) is 0.276. The molecular formula is C23H21FN4O3S. The van der Waals surface area contributed by atoms with Crippen molar-refractivity contribution < 1.29 is 13.9 Å². The maximum atomic E-state index is 13.0. The van der Waals surface area contributed by atoms with Gasteiger partial charge in [-0.1, -0.05) is 25.2 Å². The Morgan fingerprint density at radius 3 is 2.56 bits per heavy atom. The molecule has 0 unspecified atom stereocenters. The van der Waals surface area contributed by atoms with Crippen LogP contribution in [0.15, 0.2) is 59.4 Å². The van der Waals surface area contributed by atoms with Crippen LogP contribution in [-0.4, -0.2) is 20.5 Å². The number of nitrogens with one attached hydrogen (secondary N) is 1. The molecule has 164 valence electrons. The smallest absolute Gasteiger partial charge is 0.275 e. The number of fused-ring (bicyclic) bond motifs is 1. The number of hydrogen-bond acceptors (Lipinski definition) is 6. The molecular weight excluding hydrogens is 431 g/mol. The number of halogens is 1. The first-order valence-corrected chi connectivity index (χ1v) is 10.9. The van der Waals surface area contributed by atoms with E-state index in [1.54, 1.807) is 24.3 Å². The minimum Gasteiger partial charge on any atom is -0.487 e. The lowest BCUT2D eigenvalue weighted by atomic mass is 10.1. The standard InChI is InChI=1S/C23H21FN4O3S/c1-14(2)11-20-27-28-21(29)12-18(26-23(28)32-20)13-31-19-9-7-17(8-10-19)25-22(30)15-3-5-16(24)6-4-15/h3-10,12,14H,11,13H2,1-2H3,(H,25,30). The van der Waals surface area contributed by atoms with Crippen LogP contribution in [0.1, 0.15) is 34.9 Å². The van der Waals surface area contributed by atoms with Crippen molar-refractivity contribution in [3.8, 4) is 5.75 Å². The van der Waals surface area contributed by atoms with Gasteiger partial charge in [-0.05, 0) is 54.4 Å². The Kier molecular flexibility index (Phi) is 6.27. The highest BCUT2D eigenvalue weighted by Gasteiger charge is 2.11. The zero-order chi connectivity index (χ0) is 22.7. The number of nitrogens with zero attached hydrogens (tertiary/aromatic N) is 3. The van der Waals surface area contributed by atoms with Gasteiger partial charge < -0.3 is 10.1 Å². The summed E-state index contributed by atoms with van der Waals surface area (Å²) in [4.78, 5) is 29.6. The Hall–Kier alpha value is -3.59. The summed E-state index contributed by atoms with van der Waals surface area (Å²) < 4.78 is 20.1. The molecule has 1 N–H and O–H groups in total. The summed E-state index contributed by atoms with van der Waals surface area (Å²) in [5, 5.41) is 7.96. The predicted molar refractivity (Wildman–Crippen MR) is 121 cm³/mol. The third-order valence-electron chi connectivity index (χ3n) is 4.53. The first-order chi connectivity index (χ1) is 15.4. The topological polar surface area (TPSA) is 85.6 Å². The monoisotopic (exact) mass is 452 g/mol. The fourth-order valence-corrected chi connectivity index (χ4v) is 4.13. The van der Waals surface area contributed by atoms with Gasteiger partial charge >= 0.3 is 0 Å². The zero-order valence-electron chi connectivity index (χ0n) is 17.5. The molecule has 0 aliphatic carbocycles. The SMILES string of the molecule is CC(C)Cc1nn2c(=O)cc(COc3ccc(NC(=O)c4ccc(F)cc4)cc3)nc2s1. The highest BCUT2D eigenvalue weighted by atomic mass is 32.1. The second kappa shape index (κ2) is 9.27. The molecule has 4 aromatic rings. The fraction of sp³-hybridized carbons (Fsp3) is 0.217. The first-order valence-electron chi connectivity index (χ1n) is 10.1. The number of amides is 1. The highest BCUT2D eigenvalue weighted by molar-refractivity contribution is 7.16. The van der Waals surface area contributed by atoms with Crippen molar-refractivity contribution in [1.82, 2.24) is 14.6 Å². The maximum absolute atomic E-state index is 13.0. The molecule has 0 fully saturated rings. The number of aromatic nitrogens is 3. The van der Waals surface area contributed by atoms with Crippen LogP contribution in [0.5, 0.6) is 5.75 Å². The van der Waals surface area contributed by atoms with Crippen molar-refractivity contribution in [2.24, 2.45) is 5.92 Å². The van der Waals surface area contributed by atoms with Crippen LogP contribution in [0.25, 0.3) is 4.96 Å². The van der Waals surface area contributed by atoms with Gasteiger partial charge in [0.25, 0.3) is 11.5 Å². The summed E-state index contributed by atoms with van der Waals surface area (Å²) in [5.41, 5.74) is 1.22. The molecule has 9 heteroatoms. The van der Waals surface area contributed by atoms with Crippen molar-refractivity contribution in [3.05, 3.63) is 87.0 Å². The molecule has 2 heterocycles. The number of carbonyl (C=O) groups is 1. The van der Waals surface area contributed by atoms with E-state index in [4.69, 9.17) is 4.74 Å². The van der Waals surface area contributed by atoms with E-state index in [9.17, 15) is 14.0 Å². The van der Waals surface area contributed by atoms with Gasteiger partial charge in [-0.3, -0.25) is 9.59 Å². The van der Waals surface area contributed by atoms with E-state index < -0.39 is 5.82 Å². The number of hydrogen-bond donors (Lipinski definition) is 1. The van der Waals surface area contributed by atoms with Crippen molar-refractivity contribution in [3.63, 3.8) is 0 Å². The van der Waals surface area contributed by atoms with Crippen LogP contribution < -0.4 is 15.6 Å². The summed E-state index contributed by atoms with van der Waals surface area (Å²) >= 11 is 1.41. The summed E-state index contributed by atoms with van der Waals surface area (Å²) in [6.45, 7) is 4.33. The molecule has 4 rings (SSSR count). The lowest BCUT2D eigenvalue weighted by molar-refractivity contribution is 0.102. The van der Waals surface area contributed by atoms with Crippen LogP contribution in [0, 0.1) is 11.7 Å². The largest absolute Gasteiger partial charge is 0.487 e. The lowest BCUT2D eigenvalue weighted by Crippen LogP contribution is -2.16. The van der Waals surface area contributed by atoms with Gasteiger partial charge in [-0.15, -0.1) is 0 Å². The van der Waals surface area contributed by atoms with Gasteiger partial charge in [0.05, 0.1) is 5.69 Å². The van der Waals surface area contributed by atoms with E-state index >= 15 is 0 Å². The third kappa shape index (κ3) is 5.17. The van der Waals surface area contributed by atoms with Crippen LogP contribution >= 0.6 is 11.3 Å². The van der Waals surface area contributed by atoms with Gasteiger partial charge in [-0.2, -0.15) is 9.61 Å². The number of carbonyl (C=O) groups excluding carboxylic acids is 1. The summed E-state index contributed by atoms with van der Waals surface area (Å²) in [6.07, 6.45) is 0.795. The fourth-order valence-electron chi connectivity index (χ4n) is 3.00.